The molecule has 2 N–H and O–H groups in total. The van der Waals surface area contributed by atoms with E-state index in [1.165, 1.54) is 11.3 Å². The largest absolute Gasteiger partial charge is 0.454 e. The molecule has 0 unspecified atom stereocenters. The Kier molecular flexibility index (Phi) is 3.58. The van der Waals surface area contributed by atoms with E-state index < -0.39 is 6.03 Å². The summed E-state index contributed by atoms with van der Waals surface area (Å²) in [7, 11) is 1.91. The summed E-state index contributed by atoms with van der Waals surface area (Å²) in [5, 5.41) is 6.89. The number of carbonyl (C=O) groups is 1. The van der Waals surface area contributed by atoms with Crippen LogP contribution in [0.2, 0.25) is 0 Å². The number of para-hydroxylation sites is 1. The molecule has 2 amide bonds. The van der Waals surface area contributed by atoms with E-state index in [0.29, 0.717) is 22.0 Å². The number of rotatable bonds is 2. The molecule has 0 bridgehead atoms. The first kappa shape index (κ1) is 14.6. The monoisotopic (exact) mass is 342 g/mol. The van der Waals surface area contributed by atoms with Crippen LogP contribution < -0.4 is 25.0 Å². The Balaban J connectivity index is 1.50. The summed E-state index contributed by atoms with van der Waals surface area (Å²) in [6.45, 7) is 0.197. The minimum absolute atomic E-state index is 0.197. The molecule has 0 spiro atoms. The van der Waals surface area contributed by atoms with Crippen LogP contribution in [0.15, 0.2) is 47.6 Å². The number of carbonyl (C=O) groups excluding carboxylic acids is 1. The number of fused-ring (bicyclic) bond motifs is 2. The van der Waals surface area contributed by atoms with Crippen molar-refractivity contribution in [1.82, 2.24) is 9.99 Å². The van der Waals surface area contributed by atoms with Gasteiger partial charge in [0, 0.05) is 18.8 Å². The van der Waals surface area contributed by atoms with Crippen molar-refractivity contribution in [2.24, 2.45) is 12.1 Å². The van der Waals surface area contributed by atoms with Crippen molar-refractivity contribution in [2.45, 2.75) is 0 Å². The molecule has 1 aromatic heterocycles. The van der Waals surface area contributed by atoms with E-state index in [9.17, 15) is 4.79 Å². The Bertz CT molecular complexity index is 992. The second-order valence-corrected chi connectivity index (χ2v) is 6.17. The number of ether oxygens (including phenoxy) is 2. The molecule has 0 radical (unpaired) electrons. The predicted octanol–water partition coefficient (Wildman–Crippen LogP) is 2.61. The molecule has 3 aromatic rings. The normalized spacial score (nSPS) is 13.3. The van der Waals surface area contributed by atoms with Crippen LogP contribution in [0.3, 0.4) is 0 Å². The van der Waals surface area contributed by atoms with Gasteiger partial charge in [0.15, 0.2) is 11.5 Å². The Morgan fingerprint density at radius 3 is 2.92 bits per heavy atom. The van der Waals surface area contributed by atoms with Gasteiger partial charge in [-0.25, -0.2) is 10.2 Å². The molecule has 0 saturated heterocycles. The standard InChI is InChI=1S/C16H14N4O3S/c1-20-11-4-2-3-5-14(11)24-16(20)19-18-15(21)17-10-6-7-12-13(8-10)23-9-22-12/h2-8H,9H2,1H3,(H2,17,18,21)/b19-16+. The minimum atomic E-state index is -0.425. The van der Waals surface area contributed by atoms with Crippen molar-refractivity contribution >= 4 is 33.3 Å². The van der Waals surface area contributed by atoms with Gasteiger partial charge in [0.05, 0.1) is 10.2 Å². The number of aromatic nitrogens is 1. The van der Waals surface area contributed by atoms with Crippen LogP contribution in [0.1, 0.15) is 0 Å². The summed E-state index contributed by atoms with van der Waals surface area (Å²) < 4.78 is 13.6. The number of nitrogens with one attached hydrogen (secondary N) is 2. The van der Waals surface area contributed by atoms with Crippen LogP contribution in [0.25, 0.3) is 10.2 Å². The SMILES string of the molecule is Cn1/c(=N\NC(=O)Nc2ccc3c(c2)OCO3)sc2ccccc21. The van der Waals surface area contributed by atoms with Crippen molar-refractivity contribution < 1.29 is 14.3 Å². The molecule has 0 atom stereocenters. The summed E-state index contributed by atoms with van der Waals surface area (Å²) >= 11 is 1.51. The van der Waals surface area contributed by atoms with E-state index in [0.717, 1.165) is 10.2 Å². The Labute approximate surface area is 141 Å². The predicted molar refractivity (Wildman–Crippen MR) is 91.1 cm³/mol. The number of nitrogens with zero attached hydrogens (tertiary/aromatic N) is 2. The number of aryl methyl sites for hydroxylation is 1. The highest BCUT2D eigenvalue weighted by molar-refractivity contribution is 7.16. The first-order valence-corrected chi connectivity index (χ1v) is 8.07. The third kappa shape index (κ3) is 2.67. The van der Waals surface area contributed by atoms with E-state index in [4.69, 9.17) is 9.47 Å². The number of anilines is 1. The third-order valence-electron chi connectivity index (χ3n) is 3.60. The number of hydrogen-bond donors (Lipinski definition) is 2. The van der Waals surface area contributed by atoms with Crippen molar-refractivity contribution in [1.29, 1.82) is 0 Å². The van der Waals surface area contributed by atoms with Crippen molar-refractivity contribution in [2.75, 3.05) is 12.1 Å². The highest BCUT2D eigenvalue weighted by Crippen LogP contribution is 2.34. The first-order valence-electron chi connectivity index (χ1n) is 7.25. The maximum absolute atomic E-state index is 12.0. The number of urea groups is 1. The van der Waals surface area contributed by atoms with Crippen LogP contribution >= 0.6 is 11.3 Å². The number of amides is 2. The lowest BCUT2D eigenvalue weighted by Crippen LogP contribution is -2.27. The number of hydrogen-bond acceptors (Lipinski definition) is 5. The van der Waals surface area contributed by atoms with E-state index in [-0.39, 0.29) is 6.79 Å². The van der Waals surface area contributed by atoms with Crippen LogP contribution in [0.4, 0.5) is 10.5 Å². The third-order valence-corrected chi connectivity index (χ3v) is 4.71. The number of benzene rings is 2. The highest BCUT2D eigenvalue weighted by Gasteiger charge is 2.14. The van der Waals surface area contributed by atoms with Crippen molar-refractivity contribution in [3.8, 4) is 11.5 Å². The van der Waals surface area contributed by atoms with Crippen molar-refractivity contribution in [3.05, 3.63) is 47.3 Å². The number of thiazole rings is 1. The second-order valence-electron chi connectivity index (χ2n) is 5.16. The van der Waals surface area contributed by atoms with E-state index in [1.807, 2.05) is 35.9 Å². The van der Waals surface area contributed by atoms with Gasteiger partial charge < -0.3 is 19.4 Å². The molecule has 122 valence electrons. The maximum Gasteiger partial charge on any atom is 0.339 e. The Hall–Kier alpha value is -3.00. The smallest absolute Gasteiger partial charge is 0.339 e. The molecule has 0 saturated carbocycles. The zero-order valence-electron chi connectivity index (χ0n) is 12.8. The van der Waals surface area contributed by atoms with Gasteiger partial charge in [0.25, 0.3) is 0 Å². The topological polar surface area (TPSA) is 76.9 Å². The Morgan fingerprint density at radius 2 is 2.04 bits per heavy atom. The summed E-state index contributed by atoms with van der Waals surface area (Å²) in [5.74, 6) is 1.28. The van der Waals surface area contributed by atoms with Crippen LogP contribution in [-0.2, 0) is 7.05 Å². The molecule has 7 nitrogen and oxygen atoms in total. The minimum Gasteiger partial charge on any atom is -0.454 e. The lowest BCUT2D eigenvalue weighted by Gasteiger charge is -2.05. The van der Waals surface area contributed by atoms with Gasteiger partial charge in [0.2, 0.25) is 11.6 Å². The quantitative estimate of drug-likeness (QED) is 0.703. The molecule has 1 aliphatic heterocycles. The second kappa shape index (κ2) is 5.89. The molecule has 0 fully saturated rings. The van der Waals surface area contributed by atoms with E-state index in [2.05, 4.69) is 15.8 Å². The summed E-state index contributed by atoms with van der Waals surface area (Å²) in [4.78, 5) is 12.7. The molecule has 2 aromatic carbocycles. The zero-order valence-corrected chi connectivity index (χ0v) is 13.6. The highest BCUT2D eigenvalue weighted by atomic mass is 32.1. The molecule has 1 aliphatic rings. The maximum atomic E-state index is 12.0. The lowest BCUT2D eigenvalue weighted by molar-refractivity contribution is 0.174. The van der Waals surface area contributed by atoms with Gasteiger partial charge in [-0.1, -0.05) is 23.5 Å². The van der Waals surface area contributed by atoms with Gasteiger partial charge in [0.1, 0.15) is 0 Å². The first-order chi connectivity index (χ1) is 11.7. The van der Waals surface area contributed by atoms with Gasteiger partial charge in [-0.05, 0) is 24.3 Å². The van der Waals surface area contributed by atoms with Gasteiger partial charge >= 0.3 is 6.03 Å². The fraction of sp³-hybridized carbons (Fsp3) is 0.125. The summed E-state index contributed by atoms with van der Waals surface area (Å²) in [5.41, 5.74) is 4.18. The van der Waals surface area contributed by atoms with E-state index >= 15 is 0 Å². The molecule has 0 aliphatic carbocycles. The lowest BCUT2D eigenvalue weighted by atomic mass is 10.3. The average Bonchev–Trinajstić information content (AvgIpc) is 3.17. The van der Waals surface area contributed by atoms with Gasteiger partial charge in [-0.3, -0.25) is 0 Å². The molecular formula is C16H14N4O3S. The molecule has 24 heavy (non-hydrogen) atoms. The van der Waals surface area contributed by atoms with Crippen LogP contribution in [0, 0.1) is 0 Å². The zero-order chi connectivity index (χ0) is 16.5. The van der Waals surface area contributed by atoms with Crippen LogP contribution in [0.5, 0.6) is 11.5 Å². The van der Waals surface area contributed by atoms with Gasteiger partial charge in [-0.15, -0.1) is 5.10 Å². The fourth-order valence-electron chi connectivity index (χ4n) is 2.42. The summed E-state index contributed by atoms with van der Waals surface area (Å²) in [6, 6.07) is 12.8. The van der Waals surface area contributed by atoms with Crippen LogP contribution in [-0.4, -0.2) is 17.4 Å². The van der Waals surface area contributed by atoms with E-state index in [1.54, 1.807) is 18.2 Å². The fourth-order valence-corrected chi connectivity index (χ4v) is 3.40. The molecule has 2 heterocycles. The average molecular weight is 342 g/mol. The van der Waals surface area contributed by atoms with Gasteiger partial charge in [-0.2, -0.15) is 0 Å². The Morgan fingerprint density at radius 1 is 1.21 bits per heavy atom. The molecular weight excluding hydrogens is 328 g/mol. The molecule has 4 rings (SSSR count). The molecule has 8 heteroatoms. The summed E-state index contributed by atoms with van der Waals surface area (Å²) in [6.07, 6.45) is 0. The van der Waals surface area contributed by atoms with Crippen molar-refractivity contribution in [3.63, 3.8) is 0 Å².